The molecule has 2 heterocycles. The topological polar surface area (TPSA) is 50.9 Å². The Kier molecular flexibility index (Phi) is 2.21. The highest BCUT2D eigenvalue weighted by Gasteiger charge is 2.10. The maximum Gasteiger partial charge on any atom is 0.0482 e. The zero-order valence-electron chi connectivity index (χ0n) is 6.66. The lowest BCUT2D eigenvalue weighted by Crippen LogP contribution is -2.37. The van der Waals surface area contributed by atoms with Gasteiger partial charge >= 0.3 is 0 Å². The zero-order chi connectivity index (χ0) is 8.39. The monoisotopic (exact) mass is 181 g/mol. The molecular formula is C8H11N3S. The van der Waals surface area contributed by atoms with Gasteiger partial charge in [-0.1, -0.05) is 6.08 Å². The quantitative estimate of drug-likeness (QED) is 0.661. The van der Waals surface area contributed by atoms with E-state index in [9.17, 15) is 0 Å². The van der Waals surface area contributed by atoms with Crippen LogP contribution in [-0.4, -0.2) is 23.5 Å². The zero-order valence-corrected chi connectivity index (χ0v) is 7.47. The van der Waals surface area contributed by atoms with E-state index in [0.717, 1.165) is 13.1 Å². The van der Waals surface area contributed by atoms with Crippen LogP contribution < -0.4 is 11.1 Å². The summed E-state index contributed by atoms with van der Waals surface area (Å²) in [6.07, 6.45) is 4.00. The number of rotatable bonds is 1. The van der Waals surface area contributed by atoms with Crippen molar-refractivity contribution in [3.63, 3.8) is 0 Å². The summed E-state index contributed by atoms with van der Waals surface area (Å²) in [5.41, 5.74) is 8.24. The van der Waals surface area contributed by atoms with Crippen LogP contribution in [0.25, 0.3) is 5.57 Å². The molecule has 1 aliphatic heterocycles. The molecule has 0 saturated carbocycles. The molecule has 0 radical (unpaired) electrons. The highest BCUT2D eigenvalue weighted by molar-refractivity contribution is 7.03. The maximum absolute atomic E-state index is 5.78. The first-order valence-electron chi connectivity index (χ1n) is 3.93. The van der Waals surface area contributed by atoms with Crippen molar-refractivity contribution in [3.05, 3.63) is 23.2 Å². The van der Waals surface area contributed by atoms with Crippen molar-refractivity contribution in [2.24, 2.45) is 5.73 Å². The van der Waals surface area contributed by atoms with Crippen LogP contribution in [0.5, 0.6) is 0 Å². The van der Waals surface area contributed by atoms with Gasteiger partial charge in [-0.3, -0.25) is 0 Å². The van der Waals surface area contributed by atoms with Gasteiger partial charge in [0.25, 0.3) is 0 Å². The highest BCUT2D eigenvalue weighted by atomic mass is 32.1. The van der Waals surface area contributed by atoms with Crippen LogP contribution in [0.2, 0.25) is 0 Å². The van der Waals surface area contributed by atoms with Crippen LogP contribution in [0, 0.1) is 0 Å². The molecule has 1 aromatic rings. The van der Waals surface area contributed by atoms with E-state index in [1.54, 1.807) is 0 Å². The average Bonchev–Trinajstić information content (AvgIpc) is 2.56. The van der Waals surface area contributed by atoms with Gasteiger partial charge in [0.15, 0.2) is 0 Å². The molecule has 1 atom stereocenters. The molecule has 3 N–H and O–H groups in total. The molecule has 0 saturated heterocycles. The third-order valence-electron chi connectivity index (χ3n) is 1.91. The molecule has 0 bridgehead atoms. The Bertz CT molecular complexity index is 279. The standard InChI is InChI=1S/C8H11N3S/c9-8-1-6(2-10-4-8)7-3-11-12-5-7/h1,3,5,8,10H,2,4,9H2. The van der Waals surface area contributed by atoms with Gasteiger partial charge in [0.05, 0.1) is 0 Å². The van der Waals surface area contributed by atoms with Gasteiger partial charge in [-0.15, -0.1) is 0 Å². The third-order valence-corrected chi connectivity index (χ3v) is 2.50. The molecule has 1 aromatic heterocycles. The molecule has 0 fully saturated rings. The summed E-state index contributed by atoms with van der Waals surface area (Å²) in [7, 11) is 0. The number of nitrogens with zero attached hydrogens (tertiary/aromatic N) is 1. The fourth-order valence-corrected chi connectivity index (χ4v) is 1.87. The number of hydrogen-bond donors (Lipinski definition) is 2. The first kappa shape index (κ1) is 7.91. The lowest BCUT2D eigenvalue weighted by Gasteiger charge is -2.18. The number of aromatic nitrogens is 1. The minimum absolute atomic E-state index is 0.147. The Balaban J connectivity index is 2.23. The van der Waals surface area contributed by atoms with E-state index in [-0.39, 0.29) is 6.04 Å². The van der Waals surface area contributed by atoms with Crippen LogP contribution in [0.3, 0.4) is 0 Å². The van der Waals surface area contributed by atoms with Crippen molar-refractivity contribution in [2.45, 2.75) is 6.04 Å². The molecular weight excluding hydrogens is 170 g/mol. The van der Waals surface area contributed by atoms with Gasteiger partial charge in [-0.2, -0.15) is 0 Å². The lowest BCUT2D eigenvalue weighted by atomic mass is 10.0. The van der Waals surface area contributed by atoms with Crippen LogP contribution in [0.15, 0.2) is 17.7 Å². The van der Waals surface area contributed by atoms with E-state index in [1.165, 1.54) is 22.7 Å². The summed E-state index contributed by atoms with van der Waals surface area (Å²) in [4.78, 5) is 0. The largest absolute Gasteiger partial charge is 0.323 e. The SMILES string of the molecule is NC1C=C(c2cnsc2)CNC1. The molecule has 0 aromatic carbocycles. The highest BCUT2D eigenvalue weighted by Crippen LogP contribution is 2.16. The first-order chi connectivity index (χ1) is 5.86. The molecule has 2 rings (SSSR count). The van der Waals surface area contributed by atoms with Crippen LogP contribution in [-0.2, 0) is 0 Å². The second kappa shape index (κ2) is 3.35. The van der Waals surface area contributed by atoms with E-state index in [2.05, 4.69) is 15.8 Å². The van der Waals surface area contributed by atoms with E-state index >= 15 is 0 Å². The number of nitrogens with two attached hydrogens (primary N) is 1. The van der Waals surface area contributed by atoms with Crippen LogP contribution >= 0.6 is 11.5 Å². The predicted octanol–water partition coefficient (Wildman–Crippen LogP) is 0.457. The van der Waals surface area contributed by atoms with Gasteiger partial charge in [-0.25, -0.2) is 4.37 Å². The summed E-state index contributed by atoms with van der Waals surface area (Å²) in [5, 5.41) is 5.30. The van der Waals surface area contributed by atoms with Crippen LogP contribution in [0.1, 0.15) is 5.56 Å². The summed E-state index contributed by atoms with van der Waals surface area (Å²) >= 11 is 1.48. The van der Waals surface area contributed by atoms with Crippen molar-refractivity contribution in [3.8, 4) is 0 Å². The van der Waals surface area contributed by atoms with Crippen molar-refractivity contribution in [2.75, 3.05) is 13.1 Å². The van der Waals surface area contributed by atoms with Gasteiger partial charge in [0.1, 0.15) is 0 Å². The van der Waals surface area contributed by atoms with Crippen LogP contribution in [0.4, 0.5) is 0 Å². The van der Waals surface area contributed by atoms with Gasteiger partial charge in [-0.05, 0) is 17.1 Å². The Morgan fingerprint density at radius 2 is 2.58 bits per heavy atom. The second-order valence-electron chi connectivity index (χ2n) is 2.90. The molecule has 4 heteroatoms. The molecule has 0 aliphatic carbocycles. The summed E-state index contributed by atoms with van der Waals surface area (Å²) < 4.78 is 4.05. The van der Waals surface area contributed by atoms with Gasteiger partial charge in [0, 0.05) is 36.3 Å². The minimum Gasteiger partial charge on any atom is -0.323 e. The smallest absolute Gasteiger partial charge is 0.0482 e. The summed E-state index contributed by atoms with van der Waals surface area (Å²) in [6, 6.07) is 0.147. The Labute approximate surface area is 75.5 Å². The average molecular weight is 181 g/mol. The normalized spacial score (nSPS) is 23.8. The second-order valence-corrected chi connectivity index (χ2v) is 3.56. The summed E-state index contributed by atoms with van der Waals surface area (Å²) in [6.45, 7) is 1.78. The lowest BCUT2D eigenvalue weighted by molar-refractivity contribution is 0.663. The Morgan fingerprint density at radius 1 is 1.67 bits per heavy atom. The summed E-state index contributed by atoms with van der Waals surface area (Å²) in [5.74, 6) is 0. The molecule has 0 amide bonds. The van der Waals surface area contributed by atoms with Crippen molar-refractivity contribution < 1.29 is 0 Å². The van der Waals surface area contributed by atoms with E-state index in [4.69, 9.17) is 5.73 Å². The minimum atomic E-state index is 0.147. The van der Waals surface area contributed by atoms with Crippen molar-refractivity contribution >= 4 is 17.1 Å². The molecule has 12 heavy (non-hydrogen) atoms. The fourth-order valence-electron chi connectivity index (χ4n) is 1.31. The predicted molar refractivity (Wildman–Crippen MR) is 50.9 cm³/mol. The number of nitrogens with one attached hydrogen (secondary N) is 1. The third kappa shape index (κ3) is 1.55. The Morgan fingerprint density at radius 3 is 3.25 bits per heavy atom. The molecule has 64 valence electrons. The van der Waals surface area contributed by atoms with Crippen molar-refractivity contribution in [1.29, 1.82) is 0 Å². The first-order valence-corrected chi connectivity index (χ1v) is 4.76. The fraction of sp³-hybridized carbons (Fsp3) is 0.375. The van der Waals surface area contributed by atoms with Gasteiger partial charge in [0.2, 0.25) is 0 Å². The molecule has 3 nitrogen and oxygen atoms in total. The van der Waals surface area contributed by atoms with E-state index < -0.39 is 0 Å². The molecule has 0 spiro atoms. The van der Waals surface area contributed by atoms with Gasteiger partial charge < -0.3 is 11.1 Å². The molecule has 1 aliphatic rings. The number of hydrogen-bond acceptors (Lipinski definition) is 4. The Hall–Kier alpha value is -0.710. The van der Waals surface area contributed by atoms with Crippen molar-refractivity contribution in [1.82, 2.24) is 9.69 Å². The molecule has 1 unspecified atom stereocenters. The maximum atomic E-state index is 5.78. The van der Waals surface area contributed by atoms with E-state index in [1.807, 2.05) is 11.6 Å². The van der Waals surface area contributed by atoms with E-state index in [0.29, 0.717) is 0 Å².